The molecule has 2 aromatic heterocycles. The second-order valence-electron chi connectivity index (χ2n) is 20.5. The van der Waals surface area contributed by atoms with Gasteiger partial charge in [-0.1, -0.05) is 255 Å². The van der Waals surface area contributed by atoms with Gasteiger partial charge in [-0.3, -0.25) is 0 Å². The third-order valence-corrected chi connectivity index (χ3v) is 15.8. The monoisotopic (exact) mass is 1020 g/mol. The van der Waals surface area contributed by atoms with Crippen molar-refractivity contribution in [2.45, 2.75) is 11.8 Å². The first kappa shape index (κ1) is 46.7. The zero-order valence-electron chi connectivity index (χ0n) is 43.4. The molecule has 0 saturated heterocycles. The number of rotatable bonds is 10. The quantitative estimate of drug-likeness (QED) is 0.136. The number of hydrogen-bond acceptors (Lipinski definition) is 6. The summed E-state index contributed by atoms with van der Waals surface area (Å²) in [7, 11) is 0. The Morgan fingerprint density at radius 2 is 0.450 bits per heavy atom. The fraction of sp³-hybridized carbons (Fsp3) is 0.0270. The minimum Gasteiger partial charge on any atom is -0.208 e. The Morgan fingerprint density at radius 1 is 0.163 bits per heavy atom. The highest BCUT2D eigenvalue weighted by Crippen LogP contribution is 2.57. The van der Waals surface area contributed by atoms with Crippen LogP contribution in [-0.4, -0.2) is 29.9 Å². The van der Waals surface area contributed by atoms with Gasteiger partial charge >= 0.3 is 0 Å². The Balaban J connectivity index is 0.837. The van der Waals surface area contributed by atoms with Gasteiger partial charge in [-0.05, 0) is 102 Å². The molecule has 13 aromatic rings. The number of hydrogen-bond donors (Lipinski definition) is 0. The fourth-order valence-corrected chi connectivity index (χ4v) is 12.0. The van der Waals surface area contributed by atoms with Crippen LogP contribution in [0.4, 0.5) is 0 Å². The normalized spacial score (nSPS) is 13.8. The van der Waals surface area contributed by atoms with Gasteiger partial charge in [-0.2, -0.15) is 0 Å². The molecular weight excluding hydrogens is 973 g/mol. The van der Waals surface area contributed by atoms with Crippen LogP contribution in [0, 0.1) is 0 Å². The molecule has 2 bridgehead atoms. The molecule has 0 aliphatic heterocycles. The molecule has 3 aliphatic carbocycles. The first-order valence-electron chi connectivity index (χ1n) is 27.2. The minimum atomic E-state index is -0.0185. The summed E-state index contributed by atoms with van der Waals surface area (Å²) < 4.78 is 0. The van der Waals surface area contributed by atoms with Crippen LogP contribution in [0.25, 0.3) is 113 Å². The maximum Gasteiger partial charge on any atom is 0.164 e. The van der Waals surface area contributed by atoms with Crippen LogP contribution in [0.1, 0.15) is 45.2 Å². The zero-order valence-corrected chi connectivity index (χ0v) is 43.4. The summed E-state index contributed by atoms with van der Waals surface area (Å²) in [5, 5.41) is 0. The first-order chi connectivity index (χ1) is 39.6. The number of benzene rings is 11. The van der Waals surface area contributed by atoms with Crippen LogP contribution in [0.5, 0.6) is 0 Å². The van der Waals surface area contributed by atoms with Crippen LogP contribution in [0.2, 0.25) is 0 Å². The molecule has 11 aromatic carbocycles. The topological polar surface area (TPSA) is 77.3 Å². The number of nitrogens with zero attached hydrogens (tertiary/aromatic N) is 6. The Bertz CT molecular complexity index is 4200. The molecule has 2 heterocycles. The van der Waals surface area contributed by atoms with E-state index in [1.54, 1.807) is 0 Å². The van der Waals surface area contributed by atoms with Crippen molar-refractivity contribution in [2.75, 3.05) is 0 Å². The van der Waals surface area contributed by atoms with E-state index in [2.05, 4.69) is 243 Å². The zero-order chi connectivity index (χ0) is 52.9. The van der Waals surface area contributed by atoms with Crippen LogP contribution in [-0.2, 0) is 0 Å². The number of aromatic nitrogens is 6. The van der Waals surface area contributed by atoms with E-state index in [1.165, 1.54) is 44.5 Å². The van der Waals surface area contributed by atoms with Crippen molar-refractivity contribution in [3.8, 4) is 113 Å². The molecule has 3 aliphatic rings. The van der Waals surface area contributed by atoms with Crippen LogP contribution < -0.4 is 0 Å². The Kier molecular flexibility index (Phi) is 11.6. The highest BCUT2D eigenvalue weighted by atomic mass is 15.0. The van der Waals surface area contributed by atoms with E-state index >= 15 is 0 Å². The average Bonchev–Trinajstić information content (AvgIpc) is 3.64. The van der Waals surface area contributed by atoms with Crippen molar-refractivity contribution in [1.82, 2.24) is 29.9 Å². The van der Waals surface area contributed by atoms with E-state index in [-0.39, 0.29) is 11.8 Å². The van der Waals surface area contributed by atoms with Gasteiger partial charge in [-0.25, -0.2) is 29.9 Å². The van der Waals surface area contributed by atoms with Crippen molar-refractivity contribution in [2.24, 2.45) is 0 Å². The highest BCUT2D eigenvalue weighted by Gasteiger charge is 2.41. The van der Waals surface area contributed by atoms with Gasteiger partial charge < -0.3 is 0 Å². The van der Waals surface area contributed by atoms with Gasteiger partial charge in [0.25, 0.3) is 0 Å². The second kappa shape index (κ2) is 19.8. The van der Waals surface area contributed by atoms with Crippen LogP contribution in [0.15, 0.2) is 279 Å². The van der Waals surface area contributed by atoms with Crippen LogP contribution >= 0.6 is 0 Å². The molecule has 0 radical (unpaired) electrons. The lowest BCUT2D eigenvalue weighted by Crippen LogP contribution is -2.27. The first-order valence-corrected chi connectivity index (χ1v) is 27.2. The lowest BCUT2D eigenvalue weighted by Gasteiger charge is -2.42. The molecule has 16 rings (SSSR count). The molecule has 6 heteroatoms. The van der Waals surface area contributed by atoms with Gasteiger partial charge in [-0.15, -0.1) is 0 Å². The molecule has 0 fully saturated rings. The van der Waals surface area contributed by atoms with Crippen LogP contribution in [0.3, 0.4) is 0 Å². The van der Waals surface area contributed by atoms with Crippen molar-refractivity contribution in [3.05, 3.63) is 312 Å². The summed E-state index contributed by atoms with van der Waals surface area (Å²) in [4.78, 5) is 31.7. The summed E-state index contributed by atoms with van der Waals surface area (Å²) in [5.41, 5.74) is 22.2. The van der Waals surface area contributed by atoms with Gasteiger partial charge in [0, 0.05) is 45.2 Å². The average molecular weight is 1020 g/mol. The predicted octanol–water partition coefficient (Wildman–Crippen LogP) is 17.7. The minimum absolute atomic E-state index is 0.0185. The molecule has 0 amide bonds. The van der Waals surface area contributed by atoms with Gasteiger partial charge in [0.2, 0.25) is 0 Å². The molecule has 0 saturated carbocycles. The van der Waals surface area contributed by atoms with Crippen molar-refractivity contribution < 1.29 is 0 Å². The van der Waals surface area contributed by atoms with E-state index in [0.29, 0.717) is 34.9 Å². The van der Waals surface area contributed by atoms with E-state index in [9.17, 15) is 0 Å². The summed E-state index contributed by atoms with van der Waals surface area (Å²) in [6.45, 7) is 0. The van der Waals surface area contributed by atoms with Crippen molar-refractivity contribution >= 4 is 0 Å². The van der Waals surface area contributed by atoms with Gasteiger partial charge in [0.05, 0.1) is 0 Å². The lowest BCUT2D eigenvalue weighted by molar-refractivity contribution is 0.754. The fourth-order valence-electron chi connectivity index (χ4n) is 12.0. The molecule has 6 nitrogen and oxygen atoms in total. The lowest BCUT2D eigenvalue weighted by atomic mass is 9.61. The summed E-state index contributed by atoms with van der Waals surface area (Å²) in [5.74, 6) is 3.70. The maximum absolute atomic E-state index is 5.37. The summed E-state index contributed by atoms with van der Waals surface area (Å²) >= 11 is 0. The molecule has 0 N–H and O–H groups in total. The molecule has 2 atom stereocenters. The Hall–Kier alpha value is -10.6. The Morgan fingerprint density at radius 3 is 0.850 bits per heavy atom. The molecule has 2 unspecified atom stereocenters. The van der Waals surface area contributed by atoms with Gasteiger partial charge in [0.1, 0.15) is 0 Å². The van der Waals surface area contributed by atoms with Crippen molar-refractivity contribution in [1.29, 1.82) is 0 Å². The molecule has 80 heavy (non-hydrogen) atoms. The standard InChI is InChI=1S/C74H48N6/c1-5-21-47(22-6-1)51-29-19-31-53(43-51)57-33-13-17-37-63(57)73-77-69(49-25-9-3-10-26-49)75-71(79-73)55-39-41-61-65(45-55)67-59-35-15-16-36-60(59)68(61)66-46-56(40-42-62(66)67)72-76-70(50-27-11-4-12-28-50)78-74(80-72)64-38-18-14-34-58(64)54-32-20-30-52(44-54)48-23-7-2-8-24-48/h1-46,67-68H. The molecular formula is C74H48N6. The highest BCUT2D eigenvalue weighted by molar-refractivity contribution is 5.86. The van der Waals surface area contributed by atoms with E-state index in [0.717, 1.165) is 66.8 Å². The predicted molar refractivity (Wildman–Crippen MR) is 322 cm³/mol. The third-order valence-electron chi connectivity index (χ3n) is 15.8. The SMILES string of the molecule is c1ccc(-c2cccc(-c3ccccc3-c3nc(-c4ccccc4)nc(-c4ccc5c(c4)C4c6ccccc6C5c5cc(-c6nc(-c7ccccc7)nc(-c7ccccc7-c7cccc(-c8ccccc8)c7)n6)ccc54)n3)c2)cc1. The summed E-state index contributed by atoms with van der Waals surface area (Å²) in [6.07, 6.45) is 0. The Labute approximate surface area is 464 Å². The van der Waals surface area contributed by atoms with E-state index in [1.807, 2.05) is 36.4 Å². The second-order valence-corrected chi connectivity index (χ2v) is 20.5. The molecule has 374 valence electrons. The largest absolute Gasteiger partial charge is 0.208 e. The third kappa shape index (κ3) is 8.38. The van der Waals surface area contributed by atoms with Crippen molar-refractivity contribution in [3.63, 3.8) is 0 Å². The smallest absolute Gasteiger partial charge is 0.164 e. The molecule has 0 spiro atoms. The maximum atomic E-state index is 5.37. The van der Waals surface area contributed by atoms with Gasteiger partial charge in [0.15, 0.2) is 34.9 Å². The van der Waals surface area contributed by atoms with E-state index < -0.39 is 0 Å². The van der Waals surface area contributed by atoms with E-state index in [4.69, 9.17) is 29.9 Å². The summed E-state index contributed by atoms with van der Waals surface area (Å²) in [6, 6.07) is 98.4.